The normalized spacial score (nSPS) is 12.2. The van der Waals surface area contributed by atoms with Crippen molar-refractivity contribution in [2.24, 2.45) is 5.84 Å². The summed E-state index contributed by atoms with van der Waals surface area (Å²) >= 11 is 3.53. The van der Waals surface area contributed by atoms with Crippen LogP contribution in [0.2, 0.25) is 0 Å². The van der Waals surface area contributed by atoms with Crippen LogP contribution in [0, 0.1) is 0 Å². The number of nitrogens with zero attached hydrogens (tertiary/aromatic N) is 2. The molecular weight excluding hydrogens is 336 g/mol. The average molecular weight is 355 g/mol. The van der Waals surface area contributed by atoms with Gasteiger partial charge in [0.15, 0.2) is 0 Å². The van der Waals surface area contributed by atoms with Gasteiger partial charge in [-0.1, -0.05) is 0 Å². The number of methoxy groups -OCH3 is 2. The number of ether oxygens (including phenoxy) is 2. The third-order valence-corrected chi connectivity index (χ3v) is 3.93. The van der Waals surface area contributed by atoms with Crippen molar-refractivity contribution in [3.63, 3.8) is 0 Å². The second-order valence-electron chi connectivity index (χ2n) is 4.40. The molecule has 0 bridgehead atoms. The van der Waals surface area contributed by atoms with Crippen molar-refractivity contribution < 1.29 is 9.47 Å². The van der Waals surface area contributed by atoms with E-state index < -0.39 is 0 Å². The average Bonchev–Trinajstić information content (AvgIpc) is 2.89. The Kier molecular flexibility index (Phi) is 5.22. The van der Waals surface area contributed by atoms with E-state index in [2.05, 4.69) is 26.5 Å². The van der Waals surface area contributed by atoms with Crippen LogP contribution in [0.25, 0.3) is 0 Å². The number of aryl methyl sites for hydroxylation is 1. The maximum absolute atomic E-state index is 5.80. The van der Waals surface area contributed by atoms with Crippen LogP contribution in [-0.4, -0.2) is 24.0 Å². The van der Waals surface area contributed by atoms with Crippen molar-refractivity contribution in [2.75, 3.05) is 14.2 Å². The fourth-order valence-electron chi connectivity index (χ4n) is 2.29. The van der Waals surface area contributed by atoms with Crippen LogP contribution < -0.4 is 20.7 Å². The van der Waals surface area contributed by atoms with Crippen LogP contribution in [0.1, 0.15) is 24.2 Å². The number of halogens is 1. The molecule has 2 rings (SSSR count). The molecule has 0 saturated heterocycles. The van der Waals surface area contributed by atoms with Gasteiger partial charge in [0.2, 0.25) is 0 Å². The lowest BCUT2D eigenvalue weighted by Crippen LogP contribution is -2.31. The zero-order chi connectivity index (χ0) is 15.4. The zero-order valence-corrected chi connectivity index (χ0v) is 13.8. The molecule has 21 heavy (non-hydrogen) atoms. The quantitative estimate of drug-likeness (QED) is 0.614. The number of hydrogen-bond acceptors (Lipinski definition) is 5. The Hall–Kier alpha value is -1.57. The van der Waals surface area contributed by atoms with E-state index in [-0.39, 0.29) is 6.04 Å². The minimum atomic E-state index is -0.271. The van der Waals surface area contributed by atoms with E-state index in [1.807, 2.05) is 29.8 Å². The molecule has 2 aromatic rings. The Morgan fingerprint density at radius 2 is 2.14 bits per heavy atom. The monoisotopic (exact) mass is 354 g/mol. The number of nitrogens with two attached hydrogens (primary N) is 1. The number of aromatic nitrogens is 2. The maximum atomic E-state index is 5.80. The molecular formula is C14H19BrN4O2. The summed E-state index contributed by atoms with van der Waals surface area (Å²) in [5, 5.41) is 4.33. The molecule has 0 aliphatic carbocycles. The molecule has 0 fully saturated rings. The fraction of sp³-hybridized carbons (Fsp3) is 0.357. The SMILES string of the molecule is CCn1ncc(Br)c1C(NN)c1cc(OC)ccc1OC. The van der Waals surface area contributed by atoms with Gasteiger partial charge in [-0.2, -0.15) is 5.10 Å². The Morgan fingerprint density at radius 3 is 2.71 bits per heavy atom. The summed E-state index contributed by atoms with van der Waals surface area (Å²) in [7, 11) is 3.26. The van der Waals surface area contributed by atoms with E-state index in [1.54, 1.807) is 20.4 Å². The van der Waals surface area contributed by atoms with Crippen molar-refractivity contribution in [3.05, 3.63) is 40.1 Å². The van der Waals surface area contributed by atoms with Gasteiger partial charge in [-0.25, -0.2) is 5.43 Å². The highest BCUT2D eigenvalue weighted by Crippen LogP contribution is 2.35. The molecule has 1 atom stereocenters. The molecule has 114 valence electrons. The first kappa shape index (κ1) is 15.8. The molecule has 0 radical (unpaired) electrons. The Labute approximate surface area is 132 Å². The predicted octanol–water partition coefficient (Wildman–Crippen LogP) is 2.24. The van der Waals surface area contributed by atoms with Crippen LogP contribution >= 0.6 is 15.9 Å². The Balaban J connectivity index is 2.57. The first-order chi connectivity index (χ1) is 10.2. The third-order valence-electron chi connectivity index (χ3n) is 3.32. The molecule has 0 aliphatic rings. The van der Waals surface area contributed by atoms with Crippen molar-refractivity contribution in [1.29, 1.82) is 0 Å². The molecule has 1 aromatic carbocycles. The van der Waals surface area contributed by atoms with Crippen LogP contribution in [0.5, 0.6) is 11.5 Å². The summed E-state index contributed by atoms with van der Waals surface area (Å²) in [6.45, 7) is 2.77. The summed E-state index contributed by atoms with van der Waals surface area (Å²) < 4.78 is 13.5. The van der Waals surface area contributed by atoms with E-state index in [1.165, 1.54) is 0 Å². The minimum Gasteiger partial charge on any atom is -0.497 e. The number of benzene rings is 1. The van der Waals surface area contributed by atoms with Gasteiger partial charge in [-0.05, 0) is 41.1 Å². The van der Waals surface area contributed by atoms with Crippen LogP contribution in [0.3, 0.4) is 0 Å². The molecule has 0 aliphatic heterocycles. The summed E-state index contributed by atoms with van der Waals surface area (Å²) in [5.41, 5.74) is 4.66. The number of hydrazine groups is 1. The minimum absolute atomic E-state index is 0.271. The molecule has 1 heterocycles. The Morgan fingerprint density at radius 1 is 1.38 bits per heavy atom. The lowest BCUT2D eigenvalue weighted by Gasteiger charge is -2.21. The van der Waals surface area contributed by atoms with Crippen molar-refractivity contribution in [2.45, 2.75) is 19.5 Å². The highest BCUT2D eigenvalue weighted by atomic mass is 79.9. The highest BCUT2D eigenvalue weighted by molar-refractivity contribution is 9.10. The van der Waals surface area contributed by atoms with Crippen molar-refractivity contribution in [3.8, 4) is 11.5 Å². The third kappa shape index (κ3) is 3.04. The standard InChI is InChI=1S/C14H19BrN4O2/c1-4-19-14(11(15)8-17-19)13(18-16)10-7-9(20-2)5-6-12(10)21-3/h5-8,13,18H,4,16H2,1-3H3. The van der Waals surface area contributed by atoms with Gasteiger partial charge in [0.05, 0.1) is 36.6 Å². The van der Waals surface area contributed by atoms with Crippen molar-refractivity contribution >= 4 is 15.9 Å². The fourth-order valence-corrected chi connectivity index (χ4v) is 2.82. The number of hydrogen-bond donors (Lipinski definition) is 2. The van der Waals surface area contributed by atoms with Gasteiger partial charge in [-0.3, -0.25) is 10.5 Å². The molecule has 0 spiro atoms. The molecule has 3 N–H and O–H groups in total. The molecule has 1 aromatic heterocycles. The van der Waals surface area contributed by atoms with E-state index in [4.69, 9.17) is 15.3 Å². The Bertz CT molecular complexity index is 615. The molecule has 0 saturated carbocycles. The van der Waals surface area contributed by atoms with Crippen LogP contribution in [0.15, 0.2) is 28.9 Å². The summed E-state index contributed by atoms with van der Waals surface area (Å²) in [6.07, 6.45) is 1.76. The zero-order valence-electron chi connectivity index (χ0n) is 12.3. The summed E-state index contributed by atoms with van der Waals surface area (Å²) in [5.74, 6) is 7.27. The molecule has 6 nitrogen and oxygen atoms in total. The maximum Gasteiger partial charge on any atom is 0.124 e. The largest absolute Gasteiger partial charge is 0.497 e. The number of rotatable bonds is 6. The topological polar surface area (TPSA) is 74.3 Å². The van der Waals surface area contributed by atoms with Gasteiger partial charge < -0.3 is 9.47 Å². The second-order valence-corrected chi connectivity index (χ2v) is 5.26. The predicted molar refractivity (Wildman–Crippen MR) is 84.3 cm³/mol. The molecule has 7 heteroatoms. The molecule has 0 amide bonds. The highest BCUT2D eigenvalue weighted by Gasteiger charge is 2.24. The first-order valence-corrected chi connectivity index (χ1v) is 7.34. The van der Waals surface area contributed by atoms with Gasteiger partial charge in [0, 0.05) is 12.1 Å². The lowest BCUT2D eigenvalue weighted by molar-refractivity contribution is 0.392. The van der Waals surface area contributed by atoms with Crippen LogP contribution in [0.4, 0.5) is 0 Å². The van der Waals surface area contributed by atoms with Gasteiger partial charge in [0.25, 0.3) is 0 Å². The van der Waals surface area contributed by atoms with E-state index >= 15 is 0 Å². The van der Waals surface area contributed by atoms with E-state index in [0.29, 0.717) is 0 Å². The lowest BCUT2D eigenvalue weighted by atomic mass is 10.0. The first-order valence-electron chi connectivity index (χ1n) is 6.55. The van der Waals surface area contributed by atoms with Gasteiger partial charge >= 0.3 is 0 Å². The van der Waals surface area contributed by atoms with Crippen molar-refractivity contribution in [1.82, 2.24) is 15.2 Å². The van der Waals surface area contributed by atoms with Crippen LogP contribution in [-0.2, 0) is 6.54 Å². The summed E-state index contributed by atoms with van der Waals surface area (Å²) in [6, 6.07) is 5.34. The van der Waals surface area contributed by atoms with Gasteiger partial charge in [0.1, 0.15) is 11.5 Å². The second kappa shape index (κ2) is 6.93. The summed E-state index contributed by atoms with van der Waals surface area (Å²) in [4.78, 5) is 0. The van der Waals surface area contributed by atoms with E-state index in [9.17, 15) is 0 Å². The molecule has 1 unspecified atom stereocenters. The smallest absolute Gasteiger partial charge is 0.124 e. The number of nitrogens with one attached hydrogen (secondary N) is 1. The van der Waals surface area contributed by atoms with Gasteiger partial charge in [-0.15, -0.1) is 0 Å². The van der Waals surface area contributed by atoms with E-state index in [0.717, 1.165) is 33.8 Å².